The van der Waals surface area contributed by atoms with Gasteiger partial charge in [0.1, 0.15) is 0 Å². The summed E-state index contributed by atoms with van der Waals surface area (Å²) in [4.78, 5) is 13.3. The van der Waals surface area contributed by atoms with E-state index in [0.717, 1.165) is 16.8 Å². The van der Waals surface area contributed by atoms with Crippen LogP contribution in [0.1, 0.15) is 32.8 Å². The van der Waals surface area contributed by atoms with E-state index in [1.54, 1.807) is 11.3 Å². The Labute approximate surface area is 124 Å². The number of benzene rings is 1. The van der Waals surface area contributed by atoms with Crippen LogP contribution in [-0.2, 0) is 4.79 Å². The number of rotatable bonds is 3. The normalized spacial score (nSPS) is 11.4. The summed E-state index contributed by atoms with van der Waals surface area (Å²) in [6.45, 7) is 8.23. The smallest absolute Gasteiger partial charge is 0.224 e. The van der Waals surface area contributed by atoms with Crippen molar-refractivity contribution < 1.29 is 4.79 Å². The second kappa shape index (κ2) is 5.80. The van der Waals surface area contributed by atoms with Crippen molar-refractivity contribution in [3.8, 4) is 10.4 Å². The Bertz CT molecular complexity index is 594. The standard InChI is InChI=1S/C17H21NOS/c1-12-7-8-13(15-6-5-9-20-15)10-14(12)18-16(19)11-17(2,3)4/h5-10H,11H2,1-4H3,(H,18,19). The van der Waals surface area contributed by atoms with E-state index in [1.165, 1.54) is 4.88 Å². The van der Waals surface area contributed by atoms with E-state index in [9.17, 15) is 4.79 Å². The van der Waals surface area contributed by atoms with Crippen LogP contribution >= 0.6 is 11.3 Å². The average Bonchev–Trinajstić information content (AvgIpc) is 2.83. The van der Waals surface area contributed by atoms with Gasteiger partial charge in [0, 0.05) is 17.0 Å². The van der Waals surface area contributed by atoms with E-state index in [0.29, 0.717) is 6.42 Å². The van der Waals surface area contributed by atoms with Crippen molar-refractivity contribution in [2.75, 3.05) is 5.32 Å². The molecular formula is C17H21NOS. The third-order valence-electron chi connectivity index (χ3n) is 3.01. The Balaban J connectivity index is 2.19. The molecule has 0 aliphatic carbocycles. The van der Waals surface area contributed by atoms with Crippen LogP contribution < -0.4 is 5.32 Å². The van der Waals surface area contributed by atoms with Gasteiger partial charge in [0.25, 0.3) is 0 Å². The Morgan fingerprint density at radius 2 is 2.00 bits per heavy atom. The van der Waals surface area contributed by atoms with Crippen LogP contribution in [0.5, 0.6) is 0 Å². The van der Waals surface area contributed by atoms with E-state index < -0.39 is 0 Å². The second-order valence-corrected chi connectivity index (χ2v) is 7.24. The van der Waals surface area contributed by atoms with Crippen LogP contribution in [0, 0.1) is 12.3 Å². The maximum absolute atomic E-state index is 12.1. The maximum atomic E-state index is 12.1. The number of aryl methyl sites for hydroxylation is 1. The first-order valence-corrected chi connectivity index (χ1v) is 7.67. The quantitative estimate of drug-likeness (QED) is 0.836. The fourth-order valence-corrected chi connectivity index (χ4v) is 2.75. The fourth-order valence-electron chi connectivity index (χ4n) is 2.03. The van der Waals surface area contributed by atoms with Gasteiger partial charge in [-0.3, -0.25) is 4.79 Å². The van der Waals surface area contributed by atoms with Gasteiger partial charge in [0.05, 0.1) is 0 Å². The summed E-state index contributed by atoms with van der Waals surface area (Å²) in [7, 11) is 0. The van der Waals surface area contributed by atoms with Gasteiger partial charge >= 0.3 is 0 Å². The number of thiophene rings is 1. The van der Waals surface area contributed by atoms with Crippen LogP contribution in [0.2, 0.25) is 0 Å². The van der Waals surface area contributed by atoms with Crippen molar-refractivity contribution in [1.82, 2.24) is 0 Å². The largest absolute Gasteiger partial charge is 0.326 e. The molecule has 1 aromatic heterocycles. The number of amides is 1. The first-order chi connectivity index (χ1) is 9.35. The van der Waals surface area contributed by atoms with Crippen LogP contribution in [0.15, 0.2) is 35.7 Å². The lowest BCUT2D eigenvalue weighted by Gasteiger charge is -2.18. The highest BCUT2D eigenvalue weighted by Gasteiger charge is 2.16. The summed E-state index contributed by atoms with van der Waals surface area (Å²) in [5.74, 6) is 0.0731. The minimum atomic E-state index is 0.00332. The van der Waals surface area contributed by atoms with Gasteiger partial charge < -0.3 is 5.32 Å². The highest BCUT2D eigenvalue weighted by atomic mass is 32.1. The van der Waals surface area contributed by atoms with E-state index >= 15 is 0 Å². The number of carbonyl (C=O) groups excluding carboxylic acids is 1. The molecule has 0 atom stereocenters. The summed E-state index contributed by atoms with van der Waals surface area (Å²) in [6.07, 6.45) is 0.523. The number of anilines is 1. The van der Waals surface area contributed by atoms with E-state index in [1.807, 2.05) is 13.0 Å². The van der Waals surface area contributed by atoms with E-state index in [2.05, 4.69) is 55.7 Å². The molecule has 0 fully saturated rings. The van der Waals surface area contributed by atoms with Crippen molar-refractivity contribution >= 4 is 22.9 Å². The summed E-state index contributed by atoms with van der Waals surface area (Å²) in [5, 5.41) is 5.10. The molecule has 1 aromatic carbocycles. The topological polar surface area (TPSA) is 29.1 Å². The fraction of sp³-hybridized carbons (Fsp3) is 0.353. The highest BCUT2D eigenvalue weighted by Crippen LogP contribution is 2.29. The van der Waals surface area contributed by atoms with Crippen molar-refractivity contribution in [2.45, 2.75) is 34.1 Å². The lowest BCUT2D eigenvalue weighted by Crippen LogP contribution is -2.20. The molecule has 106 valence electrons. The van der Waals surface area contributed by atoms with Gasteiger partial charge in [-0.25, -0.2) is 0 Å². The van der Waals surface area contributed by atoms with Crippen molar-refractivity contribution in [3.05, 3.63) is 41.3 Å². The lowest BCUT2D eigenvalue weighted by atomic mass is 9.92. The Hall–Kier alpha value is -1.61. The van der Waals surface area contributed by atoms with Crippen LogP contribution in [-0.4, -0.2) is 5.91 Å². The molecule has 0 saturated heterocycles. The van der Waals surface area contributed by atoms with Gasteiger partial charge in [-0.15, -0.1) is 11.3 Å². The van der Waals surface area contributed by atoms with Gasteiger partial charge in [-0.2, -0.15) is 0 Å². The predicted molar refractivity (Wildman–Crippen MR) is 87.2 cm³/mol. The zero-order valence-electron chi connectivity index (χ0n) is 12.5. The molecule has 0 bridgehead atoms. The average molecular weight is 287 g/mol. The predicted octanol–water partition coefficient (Wildman–Crippen LogP) is 5.10. The summed E-state index contributed by atoms with van der Waals surface area (Å²) in [5.41, 5.74) is 3.15. The molecular weight excluding hydrogens is 266 g/mol. The van der Waals surface area contributed by atoms with Gasteiger partial charge in [0.15, 0.2) is 0 Å². The second-order valence-electron chi connectivity index (χ2n) is 6.29. The molecule has 2 rings (SSSR count). The third kappa shape index (κ3) is 3.94. The maximum Gasteiger partial charge on any atom is 0.224 e. The van der Waals surface area contributed by atoms with Crippen molar-refractivity contribution in [2.24, 2.45) is 5.41 Å². The van der Waals surface area contributed by atoms with Crippen LogP contribution in [0.25, 0.3) is 10.4 Å². The van der Waals surface area contributed by atoms with Crippen molar-refractivity contribution in [3.63, 3.8) is 0 Å². The molecule has 0 saturated carbocycles. The minimum absolute atomic E-state index is 0.00332. The Kier molecular flexibility index (Phi) is 4.29. The van der Waals surface area contributed by atoms with E-state index in [-0.39, 0.29) is 11.3 Å². The summed E-state index contributed by atoms with van der Waals surface area (Å²) < 4.78 is 0. The Morgan fingerprint density at radius 1 is 1.25 bits per heavy atom. The summed E-state index contributed by atoms with van der Waals surface area (Å²) in [6, 6.07) is 10.3. The number of hydrogen-bond donors (Lipinski definition) is 1. The molecule has 1 amide bonds. The van der Waals surface area contributed by atoms with Crippen molar-refractivity contribution in [1.29, 1.82) is 0 Å². The highest BCUT2D eigenvalue weighted by molar-refractivity contribution is 7.13. The SMILES string of the molecule is Cc1ccc(-c2cccs2)cc1NC(=O)CC(C)(C)C. The monoisotopic (exact) mass is 287 g/mol. The zero-order valence-corrected chi connectivity index (χ0v) is 13.3. The van der Waals surface area contributed by atoms with Gasteiger partial charge in [-0.05, 0) is 41.0 Å². The molecule has 1 N–H and O–H groups in total. The first-order valence-electron chi connectivity index (χ1n) is 6.79. The molecule has 0 aliphatic rings. The first kappa shape index (κ1) is 14.8. The molecule has 0 radical (unpaired) electrons. The third-order valence-corrected chi connectivity index (χ3v) is 3.93. The molecule has 3 heteroatoms. The molecule has 20 heavy (non-hydrogen) atoms. The molecule has 0 aliphatic heterocycles. The summed E-state index contributed by atoms with van der Waals surface area (Å²) >= 11 is 1.71. The number of carbonyl (C=O) groups is 1. The molecule has 2 aromatic rings. The molecule has 1 heterocycles. The van der Waals surface area contributed by atoms with Gasteiger partial charge in [0.2, 0.25) is 5.91 Å². The van der Waals surface area contributed by atoms with Crippen LogP contribution in [0.3, 0.4) is 0 Å². The molecule has 0 unspecified atom stereocenters. The molecule has 0 spiro atoms. The lowest BCUT2D eigenvalue weighted by molar-refractivity contribution is -0.117. The number of hydrogen-bond acceptors (Lipinski definition) is 2. The number of nitrogens with one attached hydrogen (secondary N) is 1. The molecule has 2 nitrogen and oxygen atoms in total. The van der Waals surface area contributed by atoms with Gasteiger partial charge in [-0.1, -0.05) is 39.0 Å². The zero-order chi connectivity index (χ0) is 14.8. The Morgan fingerprint density at radius 3 is 2.60 bits per heavy atom. The minimum Gasteiger partial charge on any atom is -0.326 e. The van der Waals surface area contributed by atoms with E-state index in [4.69, 9.17) is 0 Å². The van der Waals surface area contributed by atoms with Crippen LogP contribution in [0.4, 0.5) is 5.69 Å².